The Kier molecular flexibility index (Phi) is 2.45. The molecule has 0 amide bonds. The van der Waals surface area contributed by atoms with E-state index in [0.29, 0.717) is 5.95 Å². The van der Waals surface area contributed by atoms with E-state index in [1.165, 1.54) is 0 Å². The molecular weight excluding hydrogens is 242 g/mol. The van der Waals surface area contributed by atoms with Crippen LogP contribution in [0.2, 0.25) is 0 Å². The number of hydrogen-bond acceptors (Lipinski definition) is 3. The summed E-state index contributed by atoms with van der Waals surface area (Å²) < 4.78 is 1.04. The van der Waals surface area contributed by atoms with Gasteiger partial charge in [0.2, 0.25) is 5.95 Å². The van der Waals surface area contributed by atoms with E-state index in [9.17, 15) is 0 Å². The zero-order valence-corrected chi connectivity index (χ0v) is 8.90. The van der Waals surface area contributed by atoms with Crippen LogP contribution in [-0.4, -0.2) is 9.97 Å². The number of nitrogens with two attached hydrogens (primary N) is 1. The third-order valence-corrected chi connectivity index (χ3v) is 2.34. The van der Waals surface area contributed by atoms with Crippen molar-refractivity contribution in [1.82, 2.24) is 9.97 Å². The van der Waals surface area contributed by atoms with Crippen LogP contribution in [0, 0.1) is 0 Å². The zero-order chi connectivity index (χ0) is 9.97. The minimum Gasteiger partial charge on any atom is -0.368 e. The van der Waals surface area contributed by atoms with E-state index in [0.717, 1.165) is 15.7 Å². The van der Waals surface area contributed by atoms with Crippen LogP contribution in [-0.2, 0) is 0 Å². The van der Waals surface area contributed by atoms with Gasteiger partial charge in [-0.25, -0.2) is 9.97 Å². The highest BCUT2D eigenvalue weighted by molar-refractivity contribution is 9.10. The first-order valence-electron chi connectivity index (χ1n) is 4.10. The molecule has 0 aliphatic carbocycles. The first kappa shape index (κ1) is 9.15. The summed E-state index contributed by atoms with van der Waals surface area (Å²) in [6, 6.07) is 9.72. The summed E-state index contributed by atoms with van der Waals surface area (Å²) in [6.07, 6.45) is 1.65. The third-order valence-electron chi connectivity index (χ3n) is 1.81. The van der Waals surface area contributed by atoms with Crippen LogP contribution in [0.1, 0.15) is 0 Å². The second kappa shape index (κ2) is 3.75. The molecule has 0 fully saturated rings. The van der Waals surface area contributed by atoms with Gasteiger partial charge in [-0.1, -0.05) is 28.1 Å². The maximum absolute atomic E-state index is 5.49. The summed E-state index contributed by atoms with van der Waals surface area (Å²) in [5, 5.41) is 0. The molecule has 2 rings (SSSR count). The Balaban J connectivity index is 2.44. The molecule has 0 bridgehead atoms. The van der Waals surface area contributed by atoms with Gasteiger partial charge in [0, 0.05) is 16.2 Å². The lowest BCUT2D eigenvalue weighted by molar-refractivity contribution is 1.19. The van der Waals surface area contributed by atoms with Crippen molar-refractivity contribution in [2.24, 2.45) is 0 Å². The molecule has 0 saturated carbocycles. The summed E-state index contributed by atoms with van der Waals surface area (Å²) >= 11 is 3.38. The van der Waals surface area contributed by atoms with Gasteiger partial charge in [0.05, 0.1) is 5.69 Å². The smallest absolute Gasteiger partial charge is 0.220 e. The molecule has 0 aliphatic heterocycles. The minimum atomic E-state index is 0.297. The minimum absolute atomic E-state index is 0.297. The predicted molar refractivity (Wildman–Crippen MR) is 59.6 cm³/mol. The number of halogens is 1. The van der Waals surface area contributed by atoms with Crippen LogP contribution >= 0.6 is 15.9 Å². The van der Waals surface area contributed by atoms with E-state index >= 15 is 0 Å². The van der Waals surface area contributed by atoms with Crippen molar-refractivity contribution in [3.8, 4) is 11.3 Å². The van der Waals surface area contributed by atoms with Gasteiger partial charge >= 0.3 is 0 Å². The summed E-state index contributed by atoms with van der Waals surface area (Å²) in [6.45, 7) is 0. The Hall–Kier alpha value is -1.42. The summed E-state index contributed by atoms with van der Waals surface area (Å²) in [5.74, 6) is 0.297. The highest BCUT2D eigenvalue weighted by atomic mass is 79.9. The highest BCUT2D eigenvalue weighted by Crippen LogP contribution is 2.19. The monoisotopic (exact) mass is 249 g/mol. The fourth-order valence-corrected chi connectivity index (χ4v) is 1.42. The molecule has 2 aromatic rings. The van der Waals surface area contributed by atoms with Gasteiger partial charge in [0.1, 0.15) is 0 Å². The predicted octanol–water partition coefficient (Wildman–Crippen LogP) is 2.49. The van der Waals surface area contributed by atoms with Gasteiger partial charge in [0.15, 0.2) is 0 Å². The number of nitrogen functional groups attached to an aromatic ring is 1. The lowest BCUT2D eigenvalue weighted by Crippen LogP contribution is -1.94. The molecule has 3 nitrogen and oxygen atoms in total. The van der Waals surface area contributed by atoms with Gasteiger partial charge < -0.3 is 5.73 Å². The van der Waals surface area contributed by atoms with E-state index in [2.05, 4.69) is 25.9 Å². The Labute approximate surface area is 90.1 Å². The van der Waals surface area contributed by atoms with Crippen molar-refractivity contribution >= 4 is 21.9 Å². The number of anilines is 1. The van der Waals surface area contributed by atoms with Gasteiger partial charge in [-0.05, 0) is 18.2 Å². The summed E-state index contributed by atoms with van der Waals surface area (Å²) in [7, 11) is 0. The second-order valence-corrected chi connectivity index (χ2v) is 3.72. The van der Waals surface area contributed by atoms with Gasteiger partial charge in [-0.3, -0.25) is 0 Å². The first-order chi connectivity index (χ1) is 6.75. The summed E-state index contributed by atoms with van der Waals surface area (Å²) in [5.41, 5.74) is 7.36. The number of hydrogen-bond donors (Lipinski definition) is 1. The second-order valence-electron chi connectivity index (χ2n) is 2.81. The number of benzene rings is 1. The molecule has 0 unspecified atom stereocenters. The fourth-order valence-electron chi connectivity index (χ4n) is 1.16. The Morgan fingerprint density at radius 2 is 1.79 bits per heavy atom. The van der Waals surface area contributed by atoms with E-state index in [-0.39, 0.29) is 0 Å². The van der Waals surface area contributed by atoms with E-state index in [1.807, 2.05) is 30.3 Å². The van der Waals surface area contributed by atoms with Crippen LogP contribution in [0.4, 0.5) is 5.95 Å². The maximum atomic E-state index is 5.49. The topological polar surface area (TPSA) is 51.8 Å². The summed E-state index contributed by atoms with van der Waals surface area (Å²) in [4.78, 5) is 7.96. The molecule has 14 heavy (non-hydrogen) atoms. The molecule has 70 valence electrons. The van der Waals surface area contributed by atoms with Crippen LogP contribution in [0.5, 0.6) is 0 Å². The zero-order valence-electron chi connectivity index (χ0n) is 7.31. The molecule has 1 heterocycles. The Morgan fingerprint density at radius 3 is 2.43 bits per heavy atom. The van der Waals surface area contributed by atoms with E-state index < -0.39 is 0 Å². The van der Waals surface area contributed by atoms with Crippen molar-refractivity contribution in [2.45, 2.75) is 0 Å². The fraction of sp³-hybridized carbons (Fsp3) is 0. The van der Waals surface area contributed by atoms with Crippen LogP contribution in [0.25, 0.3) is 11.3 Å². The molecule has 0 atom stereocenters. The largest absolute Gasteiger partial charge is 0.368 e. The number of aromatic nitrogens is 2. The molecule has 2 N–H and O–H groups in total. The molecule has 0 radical (unpaired) electrons. The van der Waals surface area contributed by atoms with Crippen LogP contribution in [0.3, 0.4) is 0 Å². The lowest BCUT2D eigenvalue weighted by Gasteiger charge is -2.00. The normalized spacial score (nSPS) is 10.1. The highest BCUT2D eigenvalue weighted by Gasteiger charge is 1.99. The van der Waals surface area contributed by atoms with E-state index in [1.54, 1.807) is 6.20 Å². The lowest BCUT2D eigenvalue weighted by atomic mass is 10.1. The number of nitrogens with zero attached hydrogens (tertiary/aromatic N) is 2. The van der Waals surface area contributed by atoms with Crippen molar-refractivity contribution in [3.63, 3.8) is 0 Å². The van der Waals surface area contributed by atoms with Crippen molar-refractivity contribution in [3.05, 3.63) is 41.0 Å². The van der Waals surface area contributed by atoms with Crippen molar-refractivity contribution in [1.29, 1.82) is 0 Å². The average Bonchev–Trinajstić information content (AvgIpc) is 2.19. The van der Waals surface area contributed by atoms with E-state index in [4.69, 9.17) is 5.73 Å². The average molecular weight is 250 g/mol. The molecule has 1 aromatic carbocycles. The van der Waals surface area contributed by atoms with Gasteiger partial charge in [0.25, 0.3) is 0 Å². The standard InChI is InChI=1S/C10H8BrN3/c11-8-3-1-7(2-4-8)9-5-6-13-10(12)14-9/h1-6H,(H2,12,13,14). The van der Waals surface area contributed by atoms with Gasteiger partial charge in [-0.2, -0.15) is 0 Å². The molecular formula is C10H8BrN3. The molecule has 1 aromatic heterocycles. The van der Waals surface area contributed by atoms with Gasteiger partial charge in [-0.15, -0.1) is 0 Å². The Morgan fingerprint density at radius 1 is 1.07 bits per heavy atom. The number of rotatable bonds is 1. The van der Waals surface area contributed by atoms with Crippen molar-refractivity contribution < 1.29 is 0 Å². The van der Waals surface area contributed by atoms with Crippen LogP contribution < -0.4 is 5.73 Å². The SMILES string of the molecule is Nc1nccc(-c2ccc(Br)cc2)n1. The van der Waals surface area contributed by atoms with Crippen molar-refractivity contribution in [2.75, 3.05) is 5.73 Å². The third kappa shape index (κ3) is 1.90. The first-order valence-corrected chi connectivity index (χ1v) is 4.89. The quantitative estimate of drug-likeness (QED) is 0.845. The Bertz CT molecular complexity index is 439. The molecule has 0 spiro atoms. The molecule has 0 aliphatic rings. The maximum Gasteiger partial charge on any atom is 0.220 e. The van der Waals surface area contributed by atoms with Crippen LogP contribution in [0.15, 0.2) is 41.0 Å². The molecule has 4 heteroatoms. The molecule has 0 saturated heterocycles.